The molecule has 3 aromatic rings. The van der Waals surface area contributed by atoms with Crippen LogP contribution in [0.5, 0.6) is 5.75 Å². The Morgan fingerprint density at radius 1 is 1.15 bits per heavy atom. The second-order valence-electron chi connectivity index (χ2n) is 5.96. The zero-order chi connectivity index (χ0) is 19.1. The first-order valence-corrected chi connectivity index (χ1v) is 8.79. The lowest BCUT2D eigenvalue weighted by molar-refractivity contribution is 0.102. The minimum atomic E-state index is -0.409. The van der Waals surface area contributed by atoms with Crippen LogP contribution in [0.25, 0.3) is 11.5 Å². The molecule has 27 heavy (non-hydrogen) atoms. The summed E-state index contributed by atoms with van der Waals surface area (Å²) in [6.45, 7) is 2.79. The number of carbonyl (C=O) groups is 1. The van der Waals surface area contributed by atoms with Gasteiger partial charge in [-0.2, -0.15) is 0 Å². The molecule has 3 rings (SSSR count). The number of anilines is 1. The molecule has 1 heterocycles. The van der Waals surface area contributed by atoms with Crippen LogP contribution in [0.4, 0.5) is 10.4 Å². The van der Waals surface area contributed by atoms with Crippen molar-refractivity contribution < 1.29 is 18.3 Å². The van der Waals surface area contributed by atoms with Crippen LogP contribution in [0.1, 0.15) is 36.5 Å². The fraction of sp³-hybridized carbons (Fsp3) is 0.250. The Hall–Kier alpha value is -3.22. The minimum Gasteiger partial charge on any atom is -0.494 e. The highest BCUT2D eigenvalue weighted by Crippen LogP contribution is 2.21. The fourth-order valence-electron chi connectivity index (χ4n) is 2.43. The van der Waals surface area contributed by atoms with E-state index in [1.807, 2.05) is 0 Å². The summed E-state index contributed by atoms with van der Waals surface area (Å²) in [5, 5.41) is 10.1. The Morgan fingerprint density at radius 3 is 2.70 bits per heavy atom. The number of carbonyl (C=O) groups excluding carboxylic acids is 1. The largest absolute Gasteiger partial charge is 0.494 e. The maximum absolute atomic E-state index is 13.3. The van der Waals surface area contributed by atoms with Gasteiger partial charge in [0.2, 0.25) is 5.89 Å². The van der Waals surface area contributed by atoms with Crippen molar-refractivity contribution in [3.8, 4) is 17.2 Å². The predicted molar refractivity (Wildman–Crippen MR) is 99.1 cm³/mol. The molecule has 0 spiro atoms. The summed E-state index contributed by atoms with van der Waals surface area (Å²) >= 11 is 0. The average molecular weight is 369 g/mol. The molecule has 0 unspecified atom stereocenters. The number of nitrogens with zero attached hydrogens (tertiary/aromatic N) is 2. The summed E-state index contributed by atoms with van der Waals surface area (Å²) in [5.41, 5.74) is 0.869. The van der Waals surface area contributed by atoms with Gasteiger partial charge in [0.15, 0.2) is 0 Å². The number of hydrogen-bond acceptors (Lipinski definition) is 5. The molecule has 6 nitrogen and oxygen atoms in total. The highest BCUT2D eigenvalue weighted by Gasteiger charge is 2.13. The molecule has 0 aliphatic heterocycles. The topological polar surface area (TPSA) is 77.2 Å². The molecule has 0 bridgehead atoms. The van der Waals surface area contributed by atoms with E-state index < -0.39 is 5.82 Å². The molecule has 1 N–H and O–H groups in total. The molecule has 2 aromatic carbocycles. The number of aromatic nitrogens is 2. The molecule has 1 aromatic heterocycles. The fourth-order valence-corrected chi connectivity index (χ4v) is 2.43. The number of benzene rings is 2. The third kappa shape index (κ3) is 5.13. The van der Waals surface area contributed by atoms with E-state index >= 15 is 0 Å². The second-order valence-corrected chi connectivity index (χ2v) is 5.96. The SMILES string of the molecule is CCCCCOc1ccc(C(=O)Nc2nnc(-c3cccc(F)c3)o2)cc1. The lowest BCUT2D eigenvalue weighted by atomic mass is 10.2. The van der Waals surface area contributed by atoms with Gasteiger partial charge < -0.3 is 9.15 Å². The zero-order valence-corrected chi connectivity index (χ0v) is 14.9. The van der Waals surface area contributed by atoms with Crippen molar-refractivity contribution in [2.24, 2.45) is 0 Å². The average Bonchev–Trinajstić information content (AvgIpc) is 3.14. The van der Waals surface area contributed by atoms with Crippen LogP contribution < -0.4 is 10.1 Å². The molecule has 0 aliphatic carbocycles. The van der Waals surface area contributed by atoms with Gasteiger partial charge in [-0.3, -0.25) is 10.1 Å². The Kier molecular flexibility index (Phi) is 6.14. The molecule has 7 heteroatoms. The van der Waals surface area contributed by atoms with Gasteiger partial charge in [-0.1, -0.05) is 30.9 Å². The van der Waals surface area contributed by atoms with Crippen molar-refractivity contribution >= 4 is 11.9 Å². The molecule has 0 saturated carbocycles. The number of rotatable bonds is 8. The third-order valence-corrected chi connectivity index (χ3v) is 3.85. The molecule has 1 amide bonds. The van der Waals surface area contributed by atoms with E-state index in [1.165, 1.54) is 12.1 Å². The summed E-state index contributed by atoms with van der Waals surface area (Å²) in [6.07, 6.45) is 3.27. The van der Waals surface area contributed by atoms with E-state index in [-0.39, 0.29) is 17.8 Å². The Labute approximate surface area is 156 Å². The second kappa shape index (κ2) is 8.93. The number of nitrogens with one attached hydrogen (secondary N) is 1. The number of ether oxygens (including phenoxy) is 1. The van der Waals surface area contributed by atoms with Gasteiger partial charge in [0, 0.05) is 11.1 Å². The Bertz CT molecular complexity index is 893. The lowest BCUT2D eigenvalue weighted by Gasteiger charge is -2.06. The van der Waals surface area contributed by atoms with E-state index in [0.717, 1.165) is 19.3 Å². The summed E-state index contributed by atoms with van der Waals surface area (Å²) in [5.74, 6) is 0.0460. The maximum Gasteiger partial charge on any atom is 0.322 e. The molecule has 0 radical (unpaired) electrons. The van der Waals surface area contributed by atoms with Crippen molar-refractivity contribution in [1.82, 2.24) is 10.2 Å². The van der Waals surface area contributed by atoms with Gasteiger partial charge in [0.1, 0.15) is 11.6 Å². The predicted octanol–water partition coefficient (Wildman–Crippen LogP) is 4.70. The first kappa shape index (κ1) is 18.6. The molecule has 0 fully saturated rings. The molecule has 140 valence electrons. The van der Waals surface area contributed by atoms with Crippen molar-refractivity contribution in [1.29, 1.82) is 0 Å². The molecule has 0 saturated heterocycles. The smallest absolute Gasteiger partial charge is 0.322 e. The van der Waals surface area contributed by atoms with Crippen LogP contribution in [0.3, 0.4) is 0 Å². The number of unbranched alkanes of at least 4 members (excludes halogenated alkanes) is 2. The molecule has 0 atom stereocenters. The zero-order valence-electron chi connectivity index (χ0n) is 14.9. The van der Waals surface area contributed by atoms with Crippen LogP contribution >= 0.6 is 0 Å². The van der Waals surface area contributed by atoms with Crippen molar-refractivity contribution in [2.45, 2.75) is 26.2 Å². The summed E-state index contributed by atoms with van der Waals surface area (Å²) < 4.78 is 24.3. The van der Waals surface area contributed by atoms with Crippen molar-refractivity contribution in [3.63, 3.8) is 0 Å². The lowest BCUT2D eigenvalue weighted by Crippen LogP contribution is -2.12. The first-order valence-electron chi connectivity index (χ1n) is 8.79. The standard InChI is InChI=1S/C20H20FN3O3/c1-2-3-4-12-26-17-10-8-14(9-11-17)18(25)22-20-24-23-19(27-20)15-6-5-7-16(21)13-15/h5-11,13H,2-4,12H2,1H3,(H,22,24,25). The van der Waals surface area contributed by atoms with Crippen LogP contribution in [0.15, 0.2) is 52.9 Å². The summed E-state index contributed by atoms with van der Waals surface area (Å²) in [6, 6.07) is 12.5. The van der Waals surface area contributed by atoms with E-state index in [2.05, 4.69) is 22.4 Å². The van der Waals surface area contributed by atoms with Crippen LogP contribution in [0.2, 0.25) is 0 Å². The number of hydrogen-bond donors (Lipinski definition) is 1. The minimum absolute atomic E-state index is 0.0563. The number of amides is 1. The van der Waals surface area contributed by atoms with Crippen LogP contribution in [0, 0.1) is 5.82 Å². The van der Waals surface area contributed by atoms with Gasteiger partial charge in [-0.05, 0) is 48.9 Å². The summed E-state index contributed by atoms with van der Waals surface area (Å²) in [4.78, 5) is 12.3. The number of halogens is 1. The van der Waals surface area contributed by atoms with Crippen LogP contribution in [-0.4, -0.2) is 22.7 Å². The van der Waals surface area contributed by atoms with Gasteiger partial charge in [0.25, 0.3) is 5.91 Å². The Morgan fingerprint density at radius 2 is 1.96 bits per heavy atom. The van der Waals surface area contributed by atoms with E-state index in [4.69, 9.17) is 9.15 Å². The molecular formula is C20H20FN3O3. The van der Waals surface area contributed by atoms with E-state index in [9.17, 15) is 9.18 Å². The van der Waals surface area contributed by atoms with Gasteiger partial charge in [0.05, 0.1) is 6.61 Å². The van der Waals surface area contributed by atoms with Crippen molar-refractivity contribution in [3.05, 3.63) is 59.9 Å². The monoisotopic (exact) mass is 369 g/mol. The third-order valence-electron chi connectivity index (χ3n) is 3.85. The molecular weight excluding hydrogens is 349 g/mol. The van der Waals surface area contributed by atoms with Crippen molar-refractivity contribution in [2.75, 3.05) is 11.9 Å². The first-order chi connectivity index (χ1) is 13.2. The maximum atomic E-state index is 13.3. The van der Waals surface area contributed by atoms with E-state index in [0.29, 0.717) is 23.5 Å². The van der Waals surface area contributed by atoms with E-state index in [1.54, 1.807) is 36.4 Å². The quantitative estimate of drug-likeness (QED) is 0.583. The normalized spacial score (nSPS) is 10.6. The molecule has 0 aliphatic rings. The van der Waals surface area contributed by atoms with Gasteiger partial charge in [-0.25, -0.2) is 4.39 Å². The highest BCUT2D eigenvalue weighted by molar-refractivity contribution is 6.03. The van der Waals surface area contributed by atoms with Crippen LogP contribution in [-0.2, 0) is 0 Å². The Balaban J connectivity index is 1.59. The highest BCUT2D eigenvalue weighted by atomic mass is 19.1. The van der Waals surface area contributed by atoms with Gasteiger partial charge in [-0.15, -0.1) is 5.10 Å². The van der Waals surface area contributed by atoms with Gasteiger partial charge >= 0.3 is 6.01 Å². The summed E-state index contributed by atoms with van der Waals surface area (Å²) in [7, 11) is 0.